The van der Waals surface area contributed by atoms with Crippen LogP contribution in [0.25, 0.3) is 17.1 Å². The maximum atomic E-state index is 14.9. The van der Waals surface area contributed by atoms with Crippen molar-refractivity contribution in [1.29, 1.82) is 0 Å². The highest BCUT2D eigenvalue weighted by Crippen LogP contribution is 2.44. The zero-order valence-corrected chi connectivity index (χ0v) is 35.0. The van der Waals surface area contributed by atoms with E-state index in [2.05, 4.69) is 56.6 Å². The van der Waals surface area contributed by atoms with Gasteiger partial charge >= 0.3 is 12.1 Å². The Balaban J connectivity index is 1.12. The number of hydrogen-bond acceptors (Lipinski definition) is 9. The zero-order chi connectivity index (χ0) is 43.5. The maximum absolute atomic E-state index is 14.9. The van der Waals surface area contributed by atoms with E-state index in [1.807, 2.05) is 76.6 Å². The Labute approximate surface area is 365 Å². The van der Waals surface area contributed by atoms with E-state index < -0.39 is 34.7 Å². The summed E-state index contributed by atoms with van der Waals surface area (Å²) >= 11 is 7.09. The lowest BCUT2D eigenvalue weighted by atomic mass is 9.77. The second kappa shape index (κ2) is 15.8. The molecule has 3 N–H and O–H groups in total. The number of nitrogens with zero attached hydrogens (tertiary/aromatic N) is 6. The van der Waals surface area contributed by atoms with Gasteiger partial charge in [0.05, 0.1) is 51.3 Å². The summed E-state index contributed by atoms with van der Waals surface area (Å²) in [5, 5.41) is 9.04. The van der Waals surface area contributed by atoms with Crippen LogP contribution in [0.5, 0.6) is 5.75 Å². The number of benzene rings is 4. The Morgan fingerprint density at radius 3 is 2.29 bits per heavy atom. The summed E-state index contributed by atoms with van der Waals surface area (Å²) < 4.78 is 74.2. The number of halogens is 5. The number of anilines is 1. The number of ether oxygens (including phenoxy) is 2. The smallest absolute Gasteiger partial charge is 0.418 e. The third-order valence-electron chi connectivity index (χ3n) is 12.6. The van der Waals surface area contributed by atoms with E-state index >= 15 is 0 Å². The van der Waals surface area contributed by atoms with Crippen molar-refractivity contribution in [2.75, 3.05) is 32.1 Å². The summed E-state index contributed by atoms with van der Waals surface area (Å²) in [7, 11) is 0. The quantitative estimate of drug-likeness (QED) is 0.106. The largest absolute Gasteiger partial charge is 0.462 e. The van der Waals surface area contributed by atoms with Crippen LogP contribution in [0.2, 0.25) is 5.02 Å². The fourth-order valence-corrected chi connectivity index (χ4v) is 10.3. The van der Waals surface area contributed by atoms with Crippen LogP contribution in [-0.2, 0) is 23.0 Å². The molecule has 0 radical (unpaired) electrons. The minimum atomic E-state index is -4.78. The minimum absolute atomic E-state index is 0.0460. The number of hydrogen-bond donors (Lipinski definition) is 2. The molecular weight excluding hydrogens is 832 g/mol. The molecule has 2 saturated heterocycles. The van der Waals surface area contributed by atoms with E-state index in [-0.39, 0.29) is 58.8 Å². The van der Waals surface area contributed by atoms with E-state index in [4.69, 9.17) is 31.9 Å². The molecule has 0 amide bonds. The van der Waals surface area contributed by atoms with Crippen molar-refractivity contribution >= 4 is 23.2 Å². The number of alkyl halides is 4. The highest BCUT2D eigenvalue weighted by atomic mass is 35.5. The molecule has 4 aliphatic rings. The Kier molecular flexibility index (Phi) is 10.2. The molecule has 2 fully saturated rings. The fraction of sp³-hybridized carbons (Fsp3) is 0.271. The molecule has 0 spiro atoms. The summed E-state index contributed by atoms with van der Waals surface area (Å²) in [4.78, 5) is 12.9. The lowest BCUT2D eigenvalue weighted by Crippen LogP contribution is -2.44. The van der Waals surface area contributed by atoms with E-state index in [0.29, 0.717) is 24.0 Å². The van der Waals surface area contributed by atoms with Crippen LogP contribution in [0.1, 0.15) is 52.6 Å². The first-order chi connectivity index (χ1) is 30.4. The molecule has 322 valence electrons. The van der Waals surface area contributed by atoms with Gasteiger partial charge in [-0.25, -0.2) is 9.37 Å². The van der Waals surface area contributed by atoms with Gasteiger partial charge in [0.25, 0.3) is 0 Å². The highest BCUT2D eigenvalue weighted by Gasteiger charge is 2.50. The molecule has 63 heavy (non-hydrogen) atoms. The average Bonchev–Trinajstić information content (AvgIpc) is 3.95. The number of aromatic nitrogens is 3. The van der Waals surface area contributed by atoms with Crippen LogP contribution < -0.4 is 26.4 Å². The van der Waals surface area contributed by atoms with Crippen LogP contribution in [0.15, 0.2) is 133 Å². The summed E-state index contributed by atoms with van der Waals surface area (Å²) in [5.41, 5.74) is 6.93. The second-order valence-electron chi connectivity index (χ2n) is 16.5. The van der Waals surface area contributed by atoms with Gasteiger partial charge in [0.1, 0.15) is 42.4 Å². The van der Waals surface area contributed by atoms with Crippen LogP contribution in [0.4, 0.5) is 23.4 Å². The van der Waals surface area contributed by atoms with E-state index in [1.165, 1.54) is 19.1 Å². The molecule has 6 aromatic rings. The SMILES string of the molecule is Cc1cc(N)nc(-c2cc3c4c(c2Cl)=NCNC=4N(Cc2cnn(C(c4ccccc4)(c4ccccc4)c4ccccc4)c2)C=C(OC[C@@]24CCCN2C[C@H](F)C4)O3)c1C(F)(F)F. The number of aryl methyl sites for hydroxylation is 1. The van der Waals surface area contributed by atoms with Gasteiger partial charge in [-0.15, -0.1) is 0 Å². The average molecular weight is 875 g/mol. The van der Waals surface area contributed by atoms with Crippen molar-refractivity contribution in [3.8, 4) is 17.0 Å². The zero-order valence-electron chi connectivity index (χ0n) is 34.2. The van der Waals surface area contributed by atoms with Gasteiger partial charge in [0, 0.05) is 30.3 Å². The van der Waals surface area contributed by atoms with E-state index in [1.54, 1.807) is 6.20 Å². The van der Waals surface area contributed by atoms with Gasteiger partial charge in [-0.2, -0.15) is 18.3 Å². The first-order valence-electron chi connectivity index (χ1n) is 20.8. The fourth-order valence-electron chi connectivity index (χ4n) is 9.96. The lowest BCUT2D eigenvalue weighted by Gasteiger charge is -2.36. The topological polar surface area (TPSA) is 106 Å². The number of nitrogens with two attached hydrogens (primary N) is 1. The van der Waals surface area contributed by atoms with Crippen molar-refractivity contribution in [1.82, 2.24) is 29.9 Å². The number of pyridine rings is 1. The third kappa shape index (κ3) is 7.05. The van der Waals surface area contributed by atoms with Crippen molar-refractivity contribution in [3.05, 3.63) is 177 Å². The molecule has 15 heteroatoms. The number of nitrogens with one attached hydrogen (secondary N) is 1. The number of fused-ring (bicyclic) bond motifs is 1. The van der Waals surface area contributed by atoms with Crippen molar-refractivity contribution < 1.29 is 27.0 Å². The van der Waals surface area contributed by atoms with Gasteiger partial charge in [0.15, 0.2) is 0 Å². The van der Waals surface area contributed by atoms with Crippen LogP contribution in [0, 0.1) is 6.92 Å². The Morgan fingerprint density at radius 2 is 1.63 bits per heavy atom. The molecule has 0 aliphatic carbocycles. The van der Waals surface area contributed by atoms with Gasteiger partial charge in [0.2, 0.25) is 0 Å². The minimum Gasteiger partial charge on any atom is -0.462 e. The summed E-state index contributed by atoms with van der Waals surface area (Å²) in [5.74, 6) is 0.636. The lowest BCUT2D eigenvalue weighted by molar-refractivity contribution is -0.137. The van der Waals surface area contributed by atoms with E-state index in [9.17, 15) is 17.6 Å². The molecule has 2 aromatic heterocycles. The van der Waals surface area contributed by atoms with Crippen molar-refractivity contribution in [3.63, 3.8) is 0 Å². The first kappa shape index (κ1) is 40.7. The standard InChI is InChI=1S/C48H43ClF4N8O2/c1-30-20-38(54)58-43(41(30)48(51,52)53)36-21-37-40-44(42(36)49)55-29-56-45(40)59(27-39(63-37)62-28-46-18-11-19-60(46)26-35(50)22-46)24-31-23-57-61(25-31)47(32-12-5-2-6-13-32,33-14-7-3-8-15-33)34-16-9-4-10-17-34/h2-10,12-17,20-21,23,25,27,35,56H,11,18-19,22,24,26,28-29H2,1H3,(H2,54,58)/t35-,46+/m1/s1. The van der Waals surface area contributed by atoms with Crippen LogP contribution >= 0.6 is 11.6 Å². The highest BCUT2D eigenvalue weighted by molar-refractivity contribution is 6.33. The van der Waals surface area contributed by atoms with Crippen LogP contribution in [-0.4, -0.2) is 62.6 Å². The predicted octanol–water partition coefficient (Wildman–Crippen LogP) is 7.88. The Bertz CT molecular complexity index is 2760. The van der Waals surface area contributed by atoms with Crippen molar-refractivity contribution in [2.45, 2.75) is 56.2 Å². The van der Waals surface area contributed by atoms with Gasteiger partial charge in [-0.05, 0) is 60.7 Å². The second-order valence-corrected chi connectivity index (χ2v) is 16.9. The molecule has 2 atom stereocenters. The van der Waals surface area contributed by atoms with Gasteiger partial charge in [-0.3, -0.25) is 14.6 Å². The maximum Gasteiger partial charge on any atom is 0.418 e. The molecule has 4 aliphatic heterocycles. The molecule has 0 unspecified atom stereocenters. The third-order valence-corrected chi connectivity index (χ3v) is 13.0. The normalized spacial score (nSPS) is 19.7. The number of nitrogen functional groups attached to an aromatic ring is 1. The van der Waals surface area contributed by atoms with Crippen molar-refractivity contribution in [2.24, 2.45) is 4.99 Å². The molecule has 0 saturated carbocycles. The molecule has 10 nitrogen and oxygen atoms in total. The van der Waals surface area contributed by atoms with Gasteiger partial charge < -0.3 is 25.4 Å². The Morgan fingerprint density at radius 1 is 0.968 bits per heavy atom. The van der Waals surface area contributed by atoms with Gasteiger partial charge in [-0.1, -0.05) is 103 Å². The summed E-state index contributed by atoms with van der Waals surface area (Å²) in [6.07, 6.45) is 1.78. The first-order valence-corrected chi connectivity index (χ1v) is 21.2. The monoisotopic (exact) mass is 874 g/mol. The van der Waals surface area contributed by atoms with Crippen LogP contribution in [0.3, 0.4) is 0 Å². The van der Waals surface area contributed by atoms with E-state index in [0.717, 1.165) is 41.6 Å². The molecule has 4 aromatic carbocycles. The molecule has 0 bridgehead atoms. The molecule has 10 rings (SSSR count). The summed E-state index contributed by atoms with van der Waals surface area (Å²) in [6, 6.07) is 33.3. The predicted molar refractivity (Wildman–Crippen MR) is 231 cm³/mol. The number of rotatable bonds is 10. The molecular formula is C48H43ClF4N8O2. The molecule has 6 heterocycles. The summed E-state index contributed by atoms with van der Waals surface area (Å²) in [6.45, 7) is 2.86. The Hall–Kier alpha value is -6.38.